The van der Waals surface area contributed by atoms with Crippen LogP contribution in [0.15, 0.2) is 23.7 Å². The van der Waals surface area contributed by atoms with E-state index < -0.39 is 11.6 Å². The molecular weight excluding hydrogens is 294 g/mol. The number of aromatic nitrogens is 1. The van der Waals surface area contributed by atoms with Gasteiger partial charge in [0.15, 0.2) is 5.13 Å². The monoisotopic (exact) mass is 310 g/mol. The smallest absolute Gasteiger partial charge is 0.185 e. The Morgan fingerprint density at radius 2 is 1.71 bits per heavy atom. The fourth-order valence-electron chi connectivity index (χ4n) is 2.53. The van der Waals surface area contributed by atoms with Gasteiger partial charge in [-0.3, -0.25) is 0 Å². The number of anilines is 2. The lowest BCUT2D eigenvalue weighted by atomic mass is 10.1. The average molecular weight is 310 g/mol. The highest BCUT2D eigenvalue weighted by Crippen LogP contribution is 2.27. The lowest BCUT2D eigenvalue weighted by molar-refractivity contribution is 0.554. The van der Waals surface area contributed by atoms with Crippen LogP contribution in [0.1, 0.15) is 5.56 Å². The van der Waals surface area contributed by atoms with Crippen molar-refractivity contribution < 1.29 is 8.78 Å². The molecule has 3 rings (SSSR count). The van der Waals surface area contributed by atoms with E-state index >= 15 is 0 Å². The van der Waals surface area contributed by atoms with Gasteiger partial charge in [-0.2, -0.15) is 0 Å². The molecule has 1 fully saturated rings. The Kier molecular flexibility index (Phi) is 4.03. The minimum Gasteiger partial charge on any atom is -0.363 e. The number of hydrogen-bond acceptors (Lipinski definition) is 5. The van der Waals surface area contributed by atoms with Gasteiger partial charge < -0.3 is 15.5 Å². The van der Waals surface area contributed by atoms with E-state index in [4.69, 9.17) is 5.73 Å². The molecule has 0 saturated carbocycles. The number of nitrogens with zero attached hydrogens (tertiary/aromatic N) is 3. The standard InChI is InChI=1S/C14H16F2N4S/c15-11-7-10(9-17)8-12(16)13(11)19-2-4-20(5-3-19)14-18-1-6-21-14/h1,6-8H,2-5,9,17H2. The van der Waals surface area contributed by atoms with Gasteiger partial charge in [0, 0.05) is 44.3 Å². The van der Waals surface area contributed by atoms with Crippen LogP contribution in [0.5, 0.6) is 0 Å². The Labute approximate surface area is 125 Å². The third-order valence-electron chi connectivity index (χ3n) is 3.60. The summed E-state index contributed by atoms with van der Waals surface area (Å²) in [6, 6.07) is 2.62. The molecule has 0 unspecified atom stereocenters. The number of hydrogen-bond donors (Lipinski definition) is 1. The maximum atomic E-state index is 14.1. The first-order chi connectivity index (χ1) is 10.2. The third kappa shape index (κ3) is 2.84. The molecule has 7 heteroatoms. The Morgan fingerprint density at radius 3 is 2.24 bits per heavy atom. The van der Waals surface area contributed by atoms with Crippen LogP contribution in [0.2, 0.25) is 0 Å². The molecule has 1 saturated heterocycles. The second-order valence-electron chi connectivity index (χ2n) is 4.90. The van der Waals surface area contributed by atoms with Crippen LogP contribution in [0.25, 0.3) is 0 Å². The van der Waals surface area contributed by atoms with Gasteiger partial charge in [0.1, 0.15) is 17.3 Å². The maximum Gasteiger partial charge on any atom is 0.185 e. The molecule has 1 aromatic carbocycles. The molecule has 21 heavy (non-hydrogen) atoms. The van der Waals surface area contributed by atoms with Crippen molar-refractivity contribution in [1.82, 2.24) is 4.98 Å². The van der Waals surface area contributed by atoms with E-state index in [0.29, 0.717) is 31.7 Å². The fourth-order valence-corrected chi connectivity index (χ4v) is 3.23. The van der Waals surface area contributed by atoms with Crippen LogP contribution in [0.3, 0.4) is 0 Å². The second kappa shape index (κ2) is 5.95. The summed E-state index contributed by atoms with van der Waals surface area (Å²) in [5, 5.41) is 2.88. The molecule has 0 aliphatic carbocycles. The van der Waals surface area contributed by atoms with Crippen LogP contribution in [0, 0.1) is 11.6 Å². The molecule has 1 aromatic heterocycles. The molecule has 0 spiro atoms. The van der Waals surface area contributed by atoms with E-state index in [0.717, 1.165) is 5.13 Å². The van der Waals surface area contributed by atoms with Gasteiger partial charge in [0.2, 0.25) is 0 Å². The molecule has 1 aliphatic rings. The molecule has 4 nitrogen and oxygen atoms in total. The SMILES string of the molecule is NCc1cc(F)c(N2CCN(c3nccs3)CC2)c(F)c1. The molecular formula is C14H16F2N4S. The minimum absolute atomic E-state index is 0.0472. The lowest BCUT2D eigenvalue weighted by Crippen LogP contribution is -2.47. The quantitative estimate of drug-likeness (QED) is 0.944. The van der Waals surface area contributed by atoms with Crippen molar-refractivity contribution in [3.63, 3.8) is 0 Å². The topological polar surface area (TPSA) is 45.4 Å². The molecule has 1 aliphatic heterocycles. The molecule has 112 valence electrons. The van der Waals surface area contributed by atoms with E-state index in [9.17, 15) is 8.78 Å². The van der Waals surface area contributed by atoms with Crippen molar-refractivity contribution in [2.75, 3.05) is 36.0 Å². The van der Waals surface area contributed by atoms with Crippen molar-refractivity contribution in [2.45, 2.75) is 6.54 Å². The van der Waals surface area contributed by atoms with Gasteiger partial charge in [-0.1, -0.05) is 0 Å². The van der Waals surface area contributed by atoms with Crippen molar-refractivity contribution in [3.05, 3.63) is 40.9 Å². The maximum absolute atomic E-state index is 14.1. The van der Waals surface area contributed by atoms with Gasteiger partial charge in [-0.15, -0.1) is 11.3 Å². The summed E-state index contributed by atoms with van der Waals surface area (Å²) in [5.41, 5.74) is 5.94. The molecule has 0 bridgehead atoms. The molecule has 0 amide bonds. The molecule has 2 heterocycles. The summed E-state index contributed by atoms with van der Waals surface area (Å²) in [6.07, 6.45) is 1.76. The van der Waals surface area contributed by atoms with E-state index in [2.05, 4.69) is 9.88 Å². The van der Waals surface area contributed by atoms with Crippen LogP contribution < -0.4 is 15.5 Å². The van der Waals surface area contributed by atoms with E-state index in [-0.39, 0.29) is 12.2 Å². The van der Waals surface area contributed by atoms with Gasteiger partial charge >= 0.3 is 0 Å². The Balaban J connectivity index is 1.75. The first-order valence-corrected chi connectivity index (χ1v) is 7.64. The number of nitrogens with two attached hydrogens (primary N) is 1. The van der Waals surface area contributed by atoms with Crippen LogP contribution in [-0.4, -0.2) is 31.2 Å². The zero-order valence-electron chi connectivity index (χ0n) is 11.4. The van der Waals surface area contributed by atoms with Gasteiger partial charge in [-0.25, -0.2) is 13.8 Å². The van der Waals surface area contributed by atoms with Crippen molar-refractivity contribution in [1.29, 1.82) is 0 Å². The number of thiazole rings is 1. The molecule has 0 atom stereocenters. The molecule has 0 radical (unpaired) electrons. The van der Waals surface area contributed by atoms with E-state index in [1.54, 1.807) is 22.4 Å². The summed E-state index contributed by atoms with van der Waals surface area (Å²) >= 11 is 1.57. The predicted molar refractivity (Wildman–Crippen MR) is 80.8 cm³/mol. The zero-order valence-corrected chi connectivity index (χ0v) is 12.2. The Hall–Kier alpha value is -1.73. The Bertz CT molecular complexity index is 586. The highest BCUT2D eigenvalue weighted by atomic mass is 32.1. The highest BCUT2D eigenvalue weighted by molar-refractivity contribution is 7.13. The first-order valence-electron chi connectivity index (χ1n) is 6.76. The van der Waals surface area contributed by atoms with Gasteiger partial charge in [0.25, 0.3) is 0 Å². The third-order valence-corrected chi connectivity index (χ3v) is 4.43. The number of piperazine rings is 1. The van der Waals surface area contributed by atoms with Crippen LogP contribution in [-0.2, 0) is 6.54 Å². The zero-order chi connectivity index (χ0) is 14.8. The first kappa shape index (κ1) is 14.2. The summed E-state index contributed by atoms with van der Waals surface area (Å²) in [5.74, 6) is -1.09. The van der Waals surface area contributed by atoms with Crippen LogP contribution in [0.4, 0.5) is 19.6 Å². The van der Waals surface area contributed by atoms with Crippen molar-refractivity contribution in [2.24, 2.45) is 5.73 Å². The summed E-state index contributed by atoms with van der Waals surface area (Å²) in [6.45, 7) is 2.66. The molecule has 2 aromatic rings. The number of halogens is 2. The summed E-state index contributed by atoms with van der Waals surface area (Å²) < 4.78 is 28.2. The lowest BCUT2D eigenvalue weighted by Gasteiger charge is -2.36. The summed E-state index contributed by atoms with van der Waals surface area (Å²) in [4.78, 5) is 8.13. The second-order valence-corrected chi connectivity index (χ2v) is 5.77. The van der Waals surface area contributed by atoms with E-state index in [1.807, 2.05) is 5.38 Å². The average Bonchev–Trinajstić information content (AvgIpc) is 3.01. The van der Waals surface area contributed by atoms with Crippen molar-refractivity contribution >= 4 is 22.2 Å². The normalized spacial score (nSPS) is 15.6. The molecule has 2 N–H and O–H groups in total. The predicted octanol–water partition coefficient (Wildman–Crippen LogP) is 2.21. The fraction of sp³-hybridized carbons (Fsp3) is 0.357. The largest absolute Gasteiger partial charge is 0.363 e. The summed E-state index contributed by atoms with van der Waals surface area (Å²) in [7, 11) is 0. The Morgan fingerprint density at radius 1 is 1.10 bits per heavy atom. The van der Waals surface area contributed by atoms with Gasteiger partial charge in [0.05, 0.1) is 0 Å². The number of rotatable bonds is 3. The minimum atomic E-state index is -0.543. The van der Waals surface area contributed by atoms with Gasteiger partial charge in [-0.05, 0) is 17.7 Å². The van der Waals surface area contributed by atoms with Crippen molar-refractivity contribution in [3.8, 4) is 0 Å². The van der Waals surface area contributed by atoms with E-state index in [1.165, 1.54) is 12.1 Å². The highest BCUT2D eigenvalue weighted by Gasteiger charge is 2.23. The number of benzene rings is 1. The van der Waals surface area contributed by atoms with Crippen LogP contribution >= 0.6 is 11.3 Å².